The zero-order valence-electron chi connectivity index (χ0n) is 15.7. The normalized spacial score (nSPS) is 21.2. The molecule has 0 aromatic carbocycles. The summed E-state index contributed by atoms with van der Waals surface area (Å²) >= 11 is 0. The summed E-state index contributed by atoms with van der Waals surface area (Å²) in [6, 6.07) is 0. The van der Waals surface area contributed by atoms with Gasteiger partial charge in [-0.15, -0.1) is 0 Å². The Kier molecular flexibility index (Phi) is 5.01. The number of nitrogens with one attached hydrogen (secondary N) is 1. The number of fused-ring (bicyclic) bond motifs is 1. The molecule has 3 heterocycles. The Bertz CT molecular complexity index is 853. The second-order valence-corrected chi connectivity index (χ2v) is 7.61. The monoisotopic (exact) mass is 347 g/mol. The van der Waals surface area contributed by atoms with E-state index < -0.39 is 5.69 Å². The molecule has 1 fully saturated rings. The van der Waals surface area contributed by atoms with E-state index in [1.54, 1.807) is 7.05 Å². The molecule has 7 nitrogen and oxygen atoms in total. The number of hydrogen-bond donors (Lipinski definition) is 1. The van der Waals surface area contributed by atoms with Crippen molar-refractivity contribution >= 4 is 17.1 Å². The van der Waals surface area contributed by atoms with Crippen LogP contribution in [0.15, 0.2) is 9.59 Å². The van der Waals surface area contributed by atoms with E-state index in [0.717, 1.165) is 44.8 Å². The van der Waals surface area contributed by atoms with Crippen LogP contribution < -0.4 is 16.1 Å². The van der Waals surface area contributed by atoms with E-state index in [1.807, 2.05) is 4.57 Å². The molecule has 2 aromatic rings. The highest BCUT2D eigenvalue weighted by molar-refractivity contribution is 5.74. The Balaban J connectivity index is 2.14. The van der Waals surface area contributed by atoms with E-state index in [0.29, 0.717) is 23.0 Å². The number of aromatic amines is 1. The molecule has 0 radical (unpaired) electrons. The zero-order chi connectivity index (χ0) is 18.1. The Hall–Kier alpha value is -2.05. The van der Waals surface area contributed by atoms with Gasteiger partial charge in [0.05, 0.1) is 0 Å². The molecule has 1 saturated heterocycles. The molecule has 3 rings (SSSR count). The molecular weight excluding hydrogens is 318 g/mol. The molecule has 1 aliphatic rings. The molecule has 0 amide bonds. The Morgan fingerprint density at radius 2 is 1.84 bits per heavy atom. The Morgan fingerprint density at radius 3 is 2.48 bits per heavy atom. The highest BCUT2D eigenvalue weighted by atomic mass is 16.2. The van der Waals surface area contributed by atoms with Gasteiger partial charge in [0.1, 0.15) is 0 Å². The number of nitrogens with zero attached hydrogens (tertiary/aromatic N) is 4. The fourth-order valence-electron chi connectivity index (χ4n) is 4.02. The predicted octanol–water partition coefficient (Wildman–Crippen LogP) is 2.10. The molecule has 7 heteroatoms. The van der Waals surface area contributed by atoms with E-state index in [-0.39, 0.29) is 5.56 Å². The fourth-order valence-corrected chi connectivity index (χ4v) is 4.02. The average molecular weight is 347 g/mol. The Labute approximate surface area is 147 Å². The van der Waals surface area contributed by atoms with Crippen molar-refractivity contribution in [2.75, 3.05) is 18.0 Å². The van der Waals surface area contributed by atoms with Crippen LogP contribution in [0.1, 0.15) is 46.5 Å². The summed E-state index contributed by atoms with van der Waals surface area (Å²) in [7, 11) is 1.66. The van der Waals surface area contributed by atoms with Crippen molar-refractivity contribution in [3.63, 3.8) is 0 Å². The van der Waals surface area contributed by atoms with Crippen LogP contribution in [0, 0.1) is 11.8 Å². The van der Waals surface area contributed by atoms with Gasteiger partial charge >= 0.3 is 5.69 Å². The molecule has 1 aliphatic heterocycles. The second kappa shape index (κ2) is 7.06. The smallest absolute Gasteiger partial charge is 0.329 e. The van der Waals surface area contributed by atoms with Crippen molar-refractivity contribution < 1.29 is 0 Å². The van der Waals surface area contributed by atoms with Crippen molar-refractivity contribution in [1.29, 1.82) is 0 Å². The lowest BCUT2D eigenvalue weighted by atomic mass is 9.92. The van der Waals surface area contributed by atoms with Gasteiger partial charge in [-0.05, 0) is 24.7 Å². The van der Waals surface area contributed by atoms with E-state index in [9.17, 15) is 9.59 Å². The molecule has 0 bridgehead atoms. The first-order chi connectivity index (χ1) is 11.9. The number of anilines is 1. The summed E-state index contributed by atoms with van der Waals surface area (Å²) in [5.41, 5.74) is 0.235. The molecule has 25 heavy (non-hydrogen) atoms. The summed E-state index contributed by atoms with van der Waals surface area (Å²) in [6.07, 6.45) is 4.44. The van der Waals surface area contributed by atoms with E-state index >= 15 is 0 Å². The topological polar surface area (TPSA) is 75.9 Å². The first kappa shape index (κ1) is 17.8. The van der Waals surface area contributed by atoms with Gasteiger partial charge in [-0.1, -0.05) is 33.6 Å². The minimum absolute atomic E-state index is 0.341. The molecule has 0 saturated carbocycles. The van der Waals surface area contributed by atoms with Crippen LogP contribution in [0.25, 0.3) is 11.2 Å². The molecule has 0 aliphatic carbocycles. The number of H-pyrrole nitrogens is 1. The quantitative estimate of drug-likeness (QED) is 0.841. The van der Waals surface area contributed by atoms with Gasteiger partial charge in [-0.25, -0.2) is 4.79 Å². The number of imidazole rings is 1. The standard InChI is InChI=1S/C18H29N5O2/c1-5-6-7-8-23-14-15(21(4)18(25)20-16(14)24)19-17(23)22-10-12(2)9-13(3)11-22/h12-13H,5-11H2,1-4H3,(H,20,24,25). The minimum Gasteiger partial charge on any atom is -0.342 e. The number of hydrogen-bond acceptors (Lipinski definition) is 4. The van der Waals surface area contributed by atoms with Gasteiger partial charge in [-0.2, -0.15) is 4.98 Å². The molecule has 0 spiro atoms. The number of aryl methyl sites for hydroxylation is 2. The number of piperidine rings is 1. The molecule has 2 unspecified atom stereocenters. The van der Waals surface area contributed by atoms with E-state index in [4.69, 9.17) is 4.98 Å². The summed E-state index contributed by atoms with van der Waals surface area (Å²) in [6.45, 7) is 9.31. The van der Waals surface area contributed by atoms with Crippen LogP contribution in [0.4, 0.5) is 5.95 Å². The highest BCUT2D eigenvalue weighted by Crippen LogP contribution is 2.28. The lowest BCUT2D eigenvalue weighted by Gasteiger charge is -2.35. The molecule has 138 valence electrons. The maximum atomic E-state index is 12.5. The van der Waals surface area contributed by atoms with Gasteiger partial charge in [-0.3, -0.25) is 14.3 Å². The summed E-state index contributed by atoms with van der Waals surface area (Å²) < 4.78 is 3.46. The first-order valence-corrected chi connectivity index (χ1v) is 9.36. The molecule has 2 atom stereocenters. The largest absolute Gasteiger partial charge is 0.342 e. The predicted molar refractivity (Wildman–Crippen MR) is 100 cm³/mol. The maximum Gasteiger partial charge on any atom is 0.329 e. The van der Waals surface area contributed by atoms with Crippen LogP contribution in [0.5, 0.6) is 0 Å². The van der Waals surface area contributed by atoms with Crippen molar-refractivity contribution in [3.8, 4) is 0 Å². The van der Waals surface area contributed by atoms with Crippen molar-refractivity contribution in [1.82, 2.24) is 19.1 Å². The summed E-state index contributed by atoms with van der Waals surface area (Å²) in [4.78, 5) is 33.9. The van der Waals surface area contributed by atoms with Crippen molar-refractivity contribution in [3.05, 3.63) is 20.8 Å². The maximum absolute atomic E-state index is 12.5. The van der Waals surface area contributed by atoms with Crippen molar-refractivity contribution in [2.45, 2.75) is 53.0 Å². The number of unbranched alkanes of at least 4 members (excludes halogenated alkanes) is 2. The van der Waals surface area contributed by atoms with E-state index in [1.165, 1.54) is 11.0 Å². The average Bonchev–Trinajstić information content (AvgIpc) is 2.92. The third kappa shape index (κ3) is 3.37. The van der Waals surface area contributed by atoms with Gasteiger partial charge < -0.3 is 9.47 Å². The van der Waals surface area contributed by atoms with Crippen LogP contribution in [-0.4, -0.2) is 32.2 Å². The van der Waals surface area contributed by atoms with E-state index in [2.05, 4.69) is 30.7 Å². The lowest BCUT2D eigenvalue weighted by molar-refractivity contribution is 0.351. The van der Waals surface area contributed by atoms with Gasteiger partial charge in [0.15, 0.2) is 11.2 Å². The second-order valence-electron chi connectivity index (χ2n) is 7.61. The lowest BCUT2D eigenvalue weighted by Crippen LogP contribution is -2.40. The molecule has 1 N–H and O–H groups in total. The number of aromatic nitrogens is 4. The van der Waals surface area contributed by atoms with Crippen LogP contribution in [-0.2, 0) is 13.6 Å². The van der Waals surface area contributed by atoms with Gasteiger partial charge in [0.25, 0.3) is 5.56 Å². The summed E-state index contributed by atoms with van der Waals surface area (Å²) in [5, 5.41) is 0. The SMILES string of the molecule is CCCCCn1c(N2CC(C)CC(C)C2)nc2c1c(=O)[nH]c(=O)n2C. The fraction of sp³-hybridized carbons (Fsp3) is 0.722. The summed E-state index contributed by atoms with van der Waals surface area (Å²) in [5.74, 6) is 2.01. The first-order valence-electron chi connectivity index (χ1n) is 9.36. The number of rotatable bonds is 5. The Morgan fingerprint density at radius 1 is 1.16 bits per heavy atom. The highest BCUT2D eigenvalue weighted by Gasteiger charge is 2.27. The van der Waals surface area contributed by atoms with Crippen molar-refractivity contribution in [2.24, 2.45) is 18.9 Å². The zero-order valence-corrected chi connectivity index (χ0v) is 15.7. The third-order valence-corrected chi connectivity index (χ3v) is 5.12. The van der Waals surface area contributed by atoms with Gasteiger partial charge in [0, 0.05) is 26.7 Å². The van der Waals surface area contributed by atoms with Crippen LogP contribution in [0.2, 0.25) is 0 Å². The molecule has 2 aromatic heterocycles. The third-order valence-electron chi connectivity index (χ3n) is 5.12. The van der Waals surface area contributed by atoms with Gasteiger partial charge in [0.2, 0.25) is 5.95 Å². The van der Waals surface area contributed by atoms with Crippen LogP contribution >= 0.6 is 0 Å². The minimum atomic E-state index is -0.414. The van der Waals surface area contributed by atoms with Crippen LogP contribution in [0.3, 0.4) is 0 Å². The molecular formula is C18H29N5O2.